The van der Waals surface area contributed by atoms with Crippen molar-refractivity contribution >= 4 is 22.6 Å². The Bertz CT molecular complexity index is 1010. The number of amides is 1. The van der Waals surface area contributed by atoms with Crippen LogP contribution in [0.5, 0.6) is 17.2 Å². The van der Waals surface area contributed by atoms with Gasteiger partial charge < -0.3 is 24.3 Å². The van der Waals surface area contributed by atoms with E-state index < -0.39 is 11.5 Å². The van der Waals surface area contributed by atoms with Crippen LogP contribution in [0.2, 0.25) is 0 Å². The van der Waals surface area contributed by atoms with Crippen LogP contribution in [0.3, 0.4) is 0 Å². The lowest BCUT2D eigenvalue weighted by atomic mass is 10.1. The smallest absolute Gasteiger partial charge is 0.364 e. The lowest BCUT2D eigenvalue weighted by molar-refractivity contribution is 0.102. The van der Waals surface area contributed by atoms with Gasteiger partial charge in [-0.05, 0) is 30.3 Å². The summed E-state index contributed by atoms with van der Waals surface area (Å²) in [5.74, 6) is -0.114. The maximum atomic E-state index is 12.4. The molecule has 0 aliphatic rings. The highest BCUT2D eigenvalue weighted by Gasteiger charge is 2.18. The number of para-hydroxylation sites is 1. The number of fused-ring (bicyclic) bond motifs is 1. The molecule has 25 heavy (non-hydrogen) atoms. The molecule has 0 aliphatic heterocycles. The molecule has 128 valence electrons. The summed E-state index contributed by atoms with van der Waals surface area (Å²) in [6.07, 6.45) is 0. The molecule has 1 amide bonds. The van der Waals surface area contributed by atoms with Gasteiger partial charge in [0.05, 0.1) is 19.6 Å². The predicted octanol–water partition coefficient (Wildman–Crippen LogP) is 2.77. The van der Waals surface area contributed by atoms with Gasteiger partial charge in [0.1, 0.15) is 5.58 Å². The van der Waals surface area contributed by atoms with E-state index in [2.05, 4.69) is 5.32 Å². The molecule has 3 rings (SSSR count). The predicted molar refractivity (Wildman–Crippen MR) is 91.6 cm³/mol. The van der Waals surface area contributed by atoms with Crippen molar-refractivity contribution in [3.63, 3.8) is 0 Å². The van der Waals surface area contributed by atoms with Gasteiger partial charge in [-0.3, -0.25) is 4.79 Å². The summed E-state index contributed by atoms with van der Waals surface area (Å²) < 4.78 is 15.4. The van der Waals surface area contributed by atoms with Gasteiger partial charge in [-0.2, -0.15) is 0 Å². The van der Waals surface area contributed by atoms with Gasteiger partial charge in [-0.15, -0.1) is 0 Å². The van der Waals surface area contributed by atoms with Crippen LogP contribution < -0.4 is 20.4 Å². The van der Waals surface area contributed by atoms with E-state index in [4.69, 9.17) is 13.9 Å². The first-order chi connectivity index (χ1) is 12.0. The fraction of sp³-hybridized carbons (Fsp3) is 0.111. The number of anilines is 1. The van der Waals surface area contributed by atoms with E-state index in [9.17, 15) is 14.7 Å². The summed E-state index contributed by atoms with van der Waals surface area (Å²) >= 11 is 0. The molecule has 3 aromatic rings. The fourth-order valence-electron chi connectivity index (χ4n) is 2.41. The number of rotatable bonds is 4. The minimum absolute atomic E-state index is 0.226. The highest BCUT2D eigenvalue weighted by Crippen LogP contribution is 2.31. The Labute approximate surface area is 142 Å². The molecule has 2 N–H and O–H groups in total. The highest BCUT2D eigenvalue weighted by molar-refractivity contribution is 6.06. The summed E-state index contributed by atoms with van der Waals surface area (Å²) in [5.41, 5.74) is -0.706. The van der Waals surface area contributed by atoms with E-state index >= 15 is 0 Å². The zero-order valence-electron chi connectivity index (χ0n) is 13.5. The second-order valence-electron chi connectivity index (χ2n) is 5.13. The maximum absolute atomic E-state index is 12.4. The van der Waals surface area contributed by atoms with Gasteiger partial charge in [-0.25, -0.2) is 4.79 Å². The maximum Gasteiger partial charge on any atom is 0.364 e. The summed E-state index contributed by atoms with van der Waals surface area (Å²) in [6.45, 7) is 0. The molecule has 0 atom stereocenters. The van der Waals surface area contributed by atoms with Crippen LogP contribution in [0.1, 0.15) is 10.4 Å². The average molecular weight is 341 g/mol. The minimum atomic E-state index is -0.843. The van der Waals surface area contributed by atoms with Crippen molar-refractivity contribution in [1.29, 1.82) is 0 Å². The van der Waals surface area contributed by atoms with E-state index in [1.165, 1.54) is 26.4 Å². The number of benzene rings is 2. The molecule has 0 bridgehead atoms. The average Bonchev–Trinajstić information content (AvgIpc) is 2.64. The van der Waals surface area contributed by atoms with Gasteiger partial charge in [0.25, 0.3) is 5.91 Å². The van der Waals surface area contributed by atoms with Crippen LogP contribution in [0, 0.1) is 0 Å². The summed E-state index contributed by atoms with van der Waals surface area (Å²) in [4.78, 5) is 24.5. The molecule has 7 heteroatoms. The number of hydrogen-bond donors (Lipinski definition) is 2. The Morgan fingerprint density at radius 2 is 1.80 bits per heavy atom. The van der Waals surface area contributed by atoms with Gasteiger partial charge in [-0.1, -0.05) is 12.1 Å². The Morgan fingerprint density at radius 1 is 1.08 bits per heavy atom. The normalized spacial score (nSPS) is 10.5. The summed E-state index contributed by atoms with van der Waals surface area (Å²) in [6, 6.07) is 11.0. The fourth-order valence-corrected chi connectivity index (χ4v) is 2.41. The number of hydrogen-bond acceptors (Lipinski definition) is 6. The van der Waals surface area contributed by atoms with Gasteiger partial charge in [0.15, 0.2) is 22.9 Å². The first kappa shape index (κ1) is 16.4. The first-order valence-corrected chi connectivity index (χ1v) is 7.33. The molecule has 0 aliphatic carbocycles. The number of ether oxygens (including phenoxy) is 2. The SMILES string of the molecule is COc1ccc(C(=O)Nc2c(O)c3ccccc3oc2=O)cc1OC. The quantitative estimate of drug-likeness (QED) is 0.708. The third-order valence-corrected chi connectivity index (χ3v) is 3.67. The topological polar surface area (TPSA) is 98.0 Å². The Morgan fingerprint density at radius 3 is 2.52 bits per heavy atom. The minimum Gasteiger partial charge on any atom is -0.505 e. The van der Waals surface area contributed by atoms with Crippen LogP contribution in [-0.2, 0) is 0 Å². The van der Waals surface area contributed by atoms with Crippen molar-refractivity contribution in [2.45, 2.75) is 0 Å². The molecular weight excluding hydrogens is 326 g/mol. The number of methoxy groups -OCH3 is 2. The molecule has 0 spiro atoms. The molecule has 1 heterocycles. The zero-order valence-corrected chi connectivity index (χ0v) is 13.5. The largest absolute Gasteiger partial charge is 0.505 e. The molecule has 0 unspecified atom stereocenters. The third kappa shape index (κ3) is 2.99. The van der Waals surface area contributed by atoms with Crippen LogP contribution in [-0.4, -0.2) is 25.2 Å². The monoisotopic (exact) mass is 341 g/mol. The standard InChI is InChI=1S/C18H15NO6/c1-23-13-8-7-10(9-14(13)24-2)17(21)19-15-16(20)11-5-3-4-6-12(11)25-18(15)22/h3-9,20H,1-2H3,(H,19,21). The van der Waals surface area contributed by atoms with Crippen molar-refractivity contribution in [1.82, 2.24) is 0 Å². The van der Waals surface area contributed by atoms with Gasteiger partial charge in [0, 0.05) is 5.56 Å². The highest BCUT2D eigenvalue weighted by atomic mass is 16.5. The summed E-state index contributed by atoms with van der Waals surface area (Å²) in [5, 5.41) is 13.0. The number of carbonyl (C=O) groups is 1. The van der Waals surface area contributed by atoms with Gasteiger partial charge in [0.2, 0.25) is 0 Å². The molecule has 2 aromatic carbocycles. The van der Waals surface area contributed by atoms with E-state index in [1.54, 1.807) is 30.3 Å². The van der Waals surface area contributed by atoms with Crippen LogP contribution in [0.15, 0.2) is 51.7 Å². The Hall–Kier alpha value is -3.48. The van der Waals surface area contributed by atoms with Crippen molar-refractivity contribution < 1.29 is 23.8 Å². The third-order valence-electron chi connectivity index (χ3n) is 3.67. The van der Waals surface area contributed by atoms with Crippen LogP contribution >= 0.6 is 0 Å². The van der Waals surface area contributed by atoms with Crippen molar-refractivity contribution in [3.8, 4) is 17.2 Å². The van der Waals surface area contributed by atoms with E-state index in [-0.39, 0.29) is 22.6 Å². The molecule has 0 saturated carbocycles. The number of nitrogens with one attached hydrogen (secondary N) is 1. The second kappa shape index (κ2) is 6.56. The van der Waals surface area contributed by atoms with Crippen LogP contribution in [0.25, 0.3) is 11.0 Å². The van der Waals surface area contributed by atoms with Crippen molar-refractivity contribution in [3.05, 3.63) is 58.4 Å². The molecule has 1 aromatic heterocycles. The van der Waals surface area contributed by atoms with E-state index in [1.807, 2.05) is 0 Å². The van der Waals surface area contributed by atoms with Crippen LogP contribution in [0.4, 0.5) is 5.69 Å². The molecule has 0 radical (unpaired) electrons. The zero-order chi connectivity index (χ0) is 18.0. The lowest BCUT2D eigenvalue weighted by Gasteiger charge is -2.10. The summed E-state index contributed by atoms with van der Waals surface area (Å²) in [7, 11) is 2.93. The molecule has 0 fully saturated rings. The second-order valence-corrected chi connectivity index (χ2v) is 5.13. The van der Waals surface area contributed by atoms with E-state index in [0.717, 1.165) is 0 Å². The number of carbonyl (C=O) groups excluding carboxylic acids is 1. The lowest BCUT2D eigenvalue weighted by Crippen LogP contribution is -2.18. The Kier molecular flexibility index (Phi) is 4.30. The molecular formula is C18H15NO6. The molecule has 0 saturated heterocycles. The van der Waals surface area contributed by atoms with Gasteiger partial charge >= 0.3 is 5.63 Å². The van der Waals surface area contributed by atoms with Crippen molar-refractivity contribution in [2.24, 2.45) is 0 Å². The van der Waals surface area contributed by atoms with Crippen molar-refractivity contribution in [2.75, 3.05) is 19.5 Å². The first-order valence-electron chi connectivity index (χ1n) is 7.33. The Balaban J connectivity index is 1.99. The van der Waals surface area contributed by atoms with E-state index in [0.29, 0.717) is 16.9 Å². The number of aromatic hydroxyl groups is 1. The molecule has 7 nitrogen and oxygen atoms in total.